The molecule has 6 heteroatoms. The van der Waals surface area contributed by atoms with Gasteiger partial charge in [0.1, 0.15) is 10.8 Å². The van der Waals surface area contributed by atoms with Crippen LogP contribution in [0.15, 0.2) is 12.1 Å². The summed E-state index contributed by atoms with van der Waals surface area (Å²) in [5.41, 5.74) is 0.130. The van der Waals surface area contributed by atoms with Crippen LogP contribution in [-0.4, -0.2) is 30.6 Å². The van der Waals surface area contributed by atoms with E-state index in [1.165, 1.54) is 12.1 Å². The molecule has 1 N–H and O–H groups in total. The minimum Gasteiger partial charge on any atom is -0.380 e. The summed E-state index contributed by atoms with van der Waals surface area (Å²) < 4.78 is 5.08. The number of hydrogen-bond acceptors (Lipinski definition) is 3. The molecule has 0 aliphatic rings. The molecule has 0 radical (unpaired) electrons. The van der Waals surface area contributed by atoms with Gasteiger partial charge in [-0.25, -0.2) is 4.98 Å². The van der Waals surface area contributed by atoms with Gasteiger partial charge in [0.25, 0.3) is 5.91 Å². The summed E-state index contributed by atoms with van der Waals surface area (Å²) in [7, 11) is 0. The molecule has 16 heavy (non-hydrogen) atoms. The summed E-state index contributed by atoms with van der Waals surface area (Å²) in [5, 5.41) is 3.14. The Morgan fingerprint density at radius 3 is 2.94 bits per heavy atom. The molecule has 0 saturated heterocycles. The number of carbonyl (C=O) groups is 1. The van der Waals surface area contributed by atoms with Gasteiger partial charge in [-0.1, -0.05) is 23.2 Å². The zero-order valence-corrected chi connectivity index (χ0v) is 10.3. The van der Waals surface area contributed by atoms with E-state index in [9.17, 15) is 4.79 Å². The van der Waals surface area contributed by atoms with Crippen LogP contribution in [0, 0.1) is 0 Å². The van der Waals surface area contributed by atoms with E-state index in [1.807, 2.05) is 6.92 Å². The van der Waals surface area contributed by atoms with Crippen LogP contribution in [-0.2, 0) is 4.74 Å². The van der Waals surface area contributed by atoms with E-state index in [0.717, 1.165) is 0 Å². The van der Waals surface area contributed by atoms with Gasteiger partial charge in [-0.3, -0.25) is 4.79 Å². The molecule has 1 amide bonds. The van der Waals surface area contributed by atoms with Crippen molar-refractivity contribution in [1.82, 2.24) is 10.3 Å². The van der Waals surface area contributed by atoms with Crippen LogP contribution in [0.1, 0.15) is 17.4 Å². The predicted molar refractivity (Wildman–Crippen MR) is 63.1 cm³/mol. The van der Waals surface area contributed by atoms with Crippen LogP contribution in [0.2, 0.25) is 10.2 Å². The molecule has 0 aliphatic carbocycles. The maximum atomic E-state index is 11.6. The van der Waals surface area contributed by atoms with E-state index in [1.54, 1.807) is 0 Å². The summed E-state index contributed by atoms with van der Waals surface area (Å²) in [6.45, 7) is 3.38. The monoisotopic (exact) mass is 262 g/mol. The number of halogens is 2. The van der Waals surface area contributed by atoms with Crippen molar-refractivity contribution in [2.45, 2.75) is 6.92 Å². The summed E-state index contributed by atoms with van der Waals surface area (Å²) in [6, 6.07) is 3.06. The Hall–Kier alpha value is -0.840. The molecule has 0 unspecified atom stereocenters. The molecular weight excluding hydrogens is 251 g/mol. The Morgan fingerprint density at radius 2 is 2.25 bits per heavy atom. The molecule has 88 valence electrons. The zero-order chi connectivity index (χ0) is 12.0. The van der Waals surface area contributed by atoms with E-state index >= 15 is 0 Å². The molecule has 0 spiro atoms. The average Bonchev–Trinajstić information content (AvgIpc) is 2.27. The van der Waals surface area contributed by atoms with Crippen molar-refractivity contribution in [2.24, 2.45) is 0 Å². The zero-order valence-electron chi connectivity index (χ0n) is 8.80. The number of amides is 1. The van der Waals surface area contributed by atoms with Crippen LogP contribution in [0.5, 0.6) is 0 Å². The van der Waals surface area contributed by atoms with Crippen LogP contribution in [0.4, 0.5) is 0 Å². The molecule has 1 heterocycles. The third-order valence-electron chi connectivity index (χ3n) is 1.76. The minimum absolute atomic E-state index is 0.130. The molecule has 0 aromatic carbocycles. The molecule has 0 bridgehead atoms. The number of rotatable bonds is 5. The second-order valence-electron chi connectivity index (χ2n) is 2.92. The molecule has 0 fully saturated rings. The minimum atomic E-state index is -0.354. The predicted octanol–water partition coefficient (Wildman–Crippen LogP) is 2.15. The fraction of sp³-hybridized carbons (Fsp3) is 0.400. The van der Waals surface area contributed by atoms with Gasteiger partial charge < -0.3 is 10.1 Å². The molecule has 0 saturated carbocycles. The lowest BCUT2D eigenvalue weighted by Crippen LogP contribution is -2.28. The van der Waals surface area contributed by atoms with E-state index < -0.39 is 0 Å². The molecule has 1 rings (SSSR count). The van der Waals surface area contributed by atoms with Gasteiger partial charge in [-0.2, -0.15) is 0 Å². The quantitative estimate of drug-likeness (QED) is 0.654. The topological polar surface area (TPSA) is 51.2 Å². The van der Waals surface area contributed by atoms with Gasteiger partial charge in [-0.05, 0) is 19.1 Å². The average molecular weight is 263 g/mol. The fourth-order valence-corrected chi connectivity index (χ4v) is 1.38. The first-order chi connectivity index (χ1) is 7.65. The van der Waals surface area contributed by atoms with Crippen molar-refractivity contribution in [3.05, 3.63) is 28.0 Å². The van der Waals surface area contributed by atoms with Crippen LogP contribution in [0.3, 0.4) is 0 Å². The first-order valence-corrected chi connectivity index (χ1v) is 5.58. The summed E-state index contributed by atoms with van der Waals surface area (Å²) in [4.78, 5) is 15.5. The van der Waals surface area contributed by atoms with Gasteiger partial charge >= 0.3 is 0 Å². The number of nitrogens with one attached hydrogen (secondary N) is 1. The van der Waals surface area contributed by atoms with Crippen molar-refractivity contribution in [3.8, 4) is 0 Å². The largest absolute Gasteiger partial charge is 0.380 e. The van der Waals surface area contributed by atoms with Gasteiger partial charge in [0.2, 0.25) is 0 Å². The SMILES string of the molecule is CCOCCNC(=O)c1nc(Cl)ccc1Cl. The lowest BCUT2D eigenvalue weighted by Gasteiger charge is -2.06. The molecule has 0 atom stereocenters. The highest BCUT2D eigenvalue weighted by atomic mass is 35.5. The lowest BCUT2D eigenvalue weighted by atomic mass is 10.3. The van der Waals surface area contributed by atoms with Crippen molar-refractivity contribution in [3.63, 3.8) is 0 Å². The fourth-order valence-electron chi connectivity index (χ4n) is 1.04. The Kier molecular flexibility index (Phi) is 5.52. The van der Waals surface area contributed by atoms with Crippen molar-refractivity contribution >= 4 is 29.1 Å². The lowest BCUT2D eigenvalue weighted by molar-refractivity contribution is 0.0918. The maximum Gasteiger partial charge on any atom is 0.271 e. The van der Waals surface area contributed by atoms with Crippen LogP contribution >= 0.6 is 23.2 Å². The van der Waals surface area contributed by atoms with Crippen molar-refractivity contribution in [1.29, 1.82) is 0 Å². The second-order valence-corrected chi connectivity index (χ2v) is 3.71. The summed E-state index contributed by atoms with van der Waals surface area (Å²) in [6.07, 6.45) is 0. The van der Waals surface area contributed by atoms with Gasteiger partial charge in [0.05, 0.1) is 11.6 Å². The molecule has 4 nitrogen and oxygen atoms in total. The third-order valence-corrected chi connectivity index (χ3v) is 2.28. The summed E-state index contributed by atoms with van der Waals surface area (Å²) >= 11 is 11.5. The standard InChI is InChI=1S/C10H12Cl2N2O2/c1-2-16-6-5-13-10(15)9-7(11)3-4-8(12)14-9/h3-4H,2,5-6H2,1H3,(H,13,15). The Labute approximate surface area is 104 Å². The molecule has 1 aromatic rings. The molecule has 1 aromatic heterocycles. The Morgan fingerprint density at radius 1 is 1.50 bits per heavy atom. The normalized spacial score (nSPS) is 10.2. The summed E-state index contributed by atoms with van der Waals surface area (Å²) in [5.74, 6) is -0.354. The smallest absolute Gasteiger partial charge is 0.271 e. The van der Waals surface area contributed by atoms with Crippen LogP contribution in [0.25, 0.3) is 0 Å². The first-order valence-electron chi connectivity index (χ1n) is 4.83. The van der Waals surface area contributed by atoms with Crippen molar-refractivity contribution < 1.29 is 9.53 Å². The van der Waals surface area contributed by atoms with E-state index in [0.29, 0.717) is 19.8 Å². The third kappa shape index (κ3) is 3.96. The highest BCUT2D eigenvalue weighted by Gasteiger charge is 2.11. The van der Waals surface area contributed by atoms with Gasteiger partial charge in [0, 0.05) is 13.2 Å². The number of ether oxygens (including phenoxy) is 1. The second kappa shape index (κ2) is 6.68. The van der Waals surface area contributed by atoms with E-state index in [4.69, 9.17) is 27.9 Å². The van der Waals surface area contributed by atoms with Gasteiger partial charge in [-0.15, -0.1) is 0 Å². The highest BCUT2D eigenvalue weighted by Crippen LogP contribution is 2.16. The van der Waals surface area contributed by atoms with Crippen molar-refractivity contribution in [2.75, 3.05) is 19.8 Å². The number of hydrogen-bond donors (Lipinski definition) is 1. The first kappa shape index (κ1) is 13.2. The van der Waals surface area contributed by atoms with E-state index in [-0.39, 0.29) is 21.8 Å². The molecule has 0 aliphatic heterocycles. The molecular formula is C10H12Cl2N2O2. The number of carbonyl (C=O) groups excluding carboxylic acids is 1. The highest BCUT2D eigenvalue weighted by molar-refractivity contribution is 6.34. The Bertz CT molecular complexity index is 372. The van der Waals surface area contributed by atoms with Crippen LogP contribution < -0.4 is 5.32 Å². The maximum absolute atomic E-state index is 11.6. The van der Waals surface area contributed by atoms with Gasteiger partial charge in [0.15, 0.2) is 0 Å². The Balaban J connectivity index is 2.55. The number of aromatic nitrogens is 1. The van der Waals surface area contributed by atoms with E-state index in [2.05, 4.69) is 10.3 Å². The number of pyridine rings is 1. The number of nitrogens with zero attached hydrogens (tertiary/aromatic N) is 1.